The smallest absolute Gasteiger partial charge is 0.140 e. The van der Waals surface area contributed by atoms with Gasteiger partial charge in [0.25, 0.3) is 0 Å². The summed E-state index contributed by atoms with van der Waals surface area (Å²) in [5.41, 5.74) is 2.42. The van der Waals surface area contributed by atoms with E-state index < -0.39 is 0 Å². The van der Waals surface area contributed by atoms with Crippen LogP contribution in [0.5, 0.6) is 0 Å². The summed E-state index contributed by atoms with van der Waals surface area (Å²) in [6.07, 6.45) is 12.8. The second-order valence-electron chi connectivity index (χ2n) is 7.18. The van der Waals surface area contributed by atoms with Crippen molar-refractivity contribution >= 4 is 0 Å². The monoisotopic (exact) mass is 310 g/mol. The molecule has 23 heavy (non-hydrogen) atoms. The van der Waals surface area contributed by atoms with Crippen molar-refractivity contribution in [3.8, 4) is 11.4 Å². The number of hydrogen-bond acceptors (Lipinski definition) is 3. The third-order valence-electron chi connectivity index (χ3n) is 5.51. The Kier molecular flexibility index (Phi) is 4.17. The number of imidazole rings is 1. The molecule has 0 amide bonds. The van der Waals surface area contributed by atoms with Gasteiger partial charge in [0.1, 0.15) is 5.82 Å². The van der Waals surface area contributed by atoms with Gasteiger partial charge >= 0.3 is 0 Å². The van der Waals surface area contributed by atoms with Crippen LogP contribution in [0, 0.1) is 12.8 Å². The number of hydrogen-bond donors (Lipinski definition) is 0. The van der Waals surface area contributed by atoms with E-state index in [2.05, 4.69) is 26.4 Å². The zero-order valence-corrected chi connectivity index (χ0v) is 14.0. The third kappa shape index (κ3) is 3.05. The van der Waals surface area contributed by atoms with E-state index in [9.17, 15) is 0 Å². The highest BCUT2D eigenvalue weighted by atomic mass is 15.2. The standard InChI is InChI=1S/C19H26N4/c1-15-11-21-19(17-7-9-20-10-8-17)23(15)14-16-12-22(13-16)18-5-3-2-4-6-18/h7-11,16,18H,2-6,12-14H2,1H3. The molecule has 2 aromatic heterocycles. The van der Waals surface area contributed by atoms with Gasteiger partial charge in [-0.25, -0.2) is 4.98 Å². The SMILES string of the molecule is Cc1cnc(-c2ccncc2)n1CC1CN(C2CCCCC2)C1. The zero-order valence-electron chi connectivity index (χ0n) is 14.0. The van der Waals surface area contributed by atoms with Crippen molar-refractivity contribution in [2.75, 3.05) is 13.1 Å². The van der Waals surface area contributed by atoms with E-state index >= 15 is 0 Å². The van der Waals surface area contributed by atoms with Crippen LogP contribution in [0.1, 0.15) is 37.8 Å². The normalized spacial score (nSPS) is 20.6. The van der Waals surface area contributed by atoms with Gasteiger partial charge in [-0.2, -0.15) is 0 Å². The van der Waals surface area contributed by atoms with Gasteiger partial charge in [-0.3, -0.25) is 9.88 Å². The Morgan fingerprint density at radius 1 is 1.09 bits per heavy atom. The third-order valence-corrected chi connectivity index (χ3v) is 5.51. The summed E-state index contributed by atoms with van der Waals surface area (Å²) in [6, 6.07) is 4.96. The van der Waals surface area contributed by atoms with E-state index in [4.69, 9.17) is 0 Å². The molecule has 0 N–H and O–H groups in total. The van der Waals surface area contributed by atoms with Crippen LogP contribution in [-0.2, 0) is 6.54 Å². The average molecular weight is 310 g/mol. The highest BCUT2D eigenvalue weighted by Crippen LogP contribution is 2.30. The summed E-state index contributed by atoms with van der Waals surface area (Å²) in [5, 5.41) is 0. The molecule has 0 atom stereocenters. The maximum absolute atomic E-state index is 4.63. The molecule has 2 fully saturated rings. The largest absolute Gasteiger partial charge is 0.328 e. The van der Waals surface area contributed by atoms with Crippen LogP contribution in [0.3, 0.4) is 0 Å². The Balaban J connectivity index is 1.41. The van der Waals surface area contributed by atoms with Gasteiger partial charge in [0.2, 0.25) is 0 Å². The Morgan fingerprint density at radius 2 is 1.83 bits per heavy atom. The van der Waals surface area contributed by atoms with Crippen molar-refractivity contribution in [2.45, 2.75) is 51.6 Å². The first-order valence-electron chi connectivity index (χ1n) is 8.98. The summed E-state index contributed by atoms with van der Waals surface area (Å²) in [5.74, 6) is 1.85. The summed E-state index contributed by atoms with van der Waals surface area (Å²) in [6.45, 7) is 5.78. The van der Waals surface area contributed by atoms with Crippen molar-refractivity contribution in [1.29, 1.82) is 0 Å². The number of nitrogens with zero attached hydrogens (tertiary/aromatic N) is 4. The van der Waals surface area contributed by atoms with Gasteiger partial charge < -0.3 is 4.57 Å². The fraction of sp³-hybridized carbons (Fsp3) is 0.579. The van der Waals surface area contributed by atoms with Crippen LogP contribution >= 0.6 is 0 Å². The number of pyridine rings is 1. The van der Waals surface area contributed by atoms with Gasteiger partial charge in [-0.15, -0.1) is 0 Å². The van der Waals surface area contributed by atoms with E-state index in [-0.39, 0.29) is 0 Å². The van der Waals surface area contributed by atoms with Crippen molar-refractivity contribution in [2.24, 2.45) is 5.92 Å². The number of aryl methyl sites for hydroxylation is 1. The van der Waals surface area contributed by atoms with E-state index in [0.29, 0.717) is 0 Å². The fourth-order valence-corrected chi connectivity index (χ4v) is 4.15. The average Bonchev–Trinajstić information content (AvgIpc) is 2.93. The molecular weight excluding hydrogens is 284 g/mol. The summed E-state index contributed by atoms with van der Waals surface area (Å²) in [7, 11) is 0. The van der Waals surface area contributed by atoms with Crippen LogP contribution in [0.2, 0.25) is 0 Å². The molecule has 0 spiro atoms. The molecule has 0 radical (unpaired) electrons. The molecule has 4 nitrogen and oxygen atoms in total. The van der Waals surface area contributed by atoms with Crippen LogP contribution in [-0.4, -0.2) is 38.6 Å². The lowest BCUT2D eigenvalue weighted by Crippen LogP contribution is -2.53. The first kappa shape index (κ1) is 14.9. The van der Waals surface area contributed by atoms with Crippen LogP contribution in [0.15, 0.2) is 30.7 Å². The predicted octanol–water partition coefficient (Wildman–Crippen LogP) is 3.52. The summed E-state index contributed by atoms with van der Waals surface area (Å²) < 4.78 is 2.39. The molecule has 4 heteroatoms. The number of likely N-dealkylation sites (tertiary alicyclic amines) is 1. The molecule has 1 saturated carbocycles. The zero-order chi connectivity index (χ0) is 15.6. The molecule has 3 heterocycles. The Bertz CT molecular complexity index is 637. The Hall–Kier alpha value is -1.68. The van der Waals surface area contributed by atoms with E-state index in [0.717, 1.165) is 29.9 Å². The first-order valence-corrected chi connectivity index (χ1v) is 8.98. The highest BCUT2D eigenvalue weighted by Gasteiger charge is 2.33. The molecule has 1 aliphatic heterocycles. The van der Waals surface area contributed by atoms with Crippen LogP contribution < -0.4 is 0 Å². The molecule has 2 aromatic rings. The predicted molar refractivity (Wildman–Crippen MR) is 92.1 cm³/mol. The van der Waals surface area contributed by atoms with Crippen molar-refractivity contribution in [3.05, 3.63) is 36.4 Å². The van der Waals surface area contributed by atoms with Gasteiger partial charge in [-0.05, 0) is 31.9 Å². The van der Waals surface area contributed by atoms with Crippen molar-refractivity contribution < 1.29 is 0 Å². The fourth-order valence-electron chi connectivity index (χ4n) is 4.15. The molecule has 0 bridgehead atoms. The molecule has 1 saturated heterocycles. The van der Waals surface area contributed by atoms with Gasteiger partial charge in [0.05, 0.1) is 0 Å². The lowest BCUT2D eigenvalue weighted by Gasteiger charge is -2.46. The molecular formula is C19H26N4. The summed E-state index contributed by atoms with van der Waals surface area (Å²) >= 11 is 0. The topological polar surface area (TPSA) is 34.0 Å². The van der Waals surface area contributed by atoms with E-state index in [1.54, 1.807) is 0 Å². The number of rotatable bonds is 4. The van der Waals surface area contributed by atoms with E-state index in [1.807, 2.05) is 30.7 Å². The molecule has 1 aliphatic carbocycles. The quantitative estimate of drug-likeness (QED) is 0.866. The number of aromatic nitrogens is 3. The lowest BCUT2D eigenvalue weighted by atomic mass is 9.89. The molecule has 4 rings (SSSR count). The van der Waals surface area contributed by atoms with Crippen LogP contribution in [0.25, 0.3) is 11.4 Å². The van der Waals surface area contributed by atoms with Crippen molar-refractivity contribution in [3.63, 3.8) is 0 Å². The Morgan fingerprint density at radius 3 is 2.57 bits per heavy atom. The summed E-state index contributed by atoms with van der Waals surface area (Å²) in [4.78, 5) is 11.5. The van der Waals surface area contributed by atoms with Crippen molar-refractivity contribution in [1.82, 2.24) is 19.4 Å². The first-order chi connectivity index (χ1) is 11.3. The molecule has 0 unspecified atom stereocenters. The molecule has 2 aliphatic rings. The highest BCUT2D eigenvalue weighted by molar-refractivity contribution is 5.55. The van der Waals surface area contributed by atoms with Gasteiger partial charge in [-0.1, -0.05) is 19.3 Å². The maximum atomic E-state index is 4.63. The second-order valence-corrected chi connectivity index (χ2v) is 7.18. The minimum absolute atomic E-state index is 0.769. The lowest BCUT2D eigenvalue weighted by molar-refractivity contribution is 0.0273. The minimum atomic E-state index is 0.769. The maximum Gasteiger partial charge on any atom is 0.140 e. The second kappa shape index (κ2) is 6.44. The van der Waals surface area contributed by atoms with E-state index in [1.165, 1.54) is 50.9 Å². The van der Waals surface area contributed by atoms with Gasteiger partial charge in [0.15, 0.2) is 0 Å². The molecule has 122 valence electrons. The van der Waals surface area contributed by atoms with Gasteiger partial charge in [0, 0.05) is 61.4 Å². The molecule has 0 aromatic carbocycles. The minimum Gasteiger partial charge on any atom is -0.328 e. The Labute approximate surface area is 138 Å². The van der Waals surface area contributed by atoms with Crippen LogP contribution in [0.4, 0.5) is 0 Å².